The van der Waals surface area contributed by atoms with E-state index in [1.165, 1.54) is 17.6 Å². The molecule has 8 nitrogen and oxygen atoms in total. The normalized spacial score (nSPS) is 11.1. The van der Waals surface area contributed by atoms with Gasteiger partial charge in [-0.25, -0.2) is 4.98 Å². The van der Waals surface area contributed by atoms with Gasteiger partial charge in [0.25, 0.3) is 5.91 Å². The number of aromatic amines is 1. The maximum Gasteiger partial charge on any atom is 0.268 e. The quantitative estimate of drug-likeness (QED) is 0.303. The topological polar surface area (TPSA) is 111 Å². The van der Waals surface area contributed by atoms with Crippen molar-refractivity contribution in [3.63, 3.8) is 0 Å². The fourth-order valence-corrected chi connectivity index (χ4v) is 4.69. The first-order valence-electron chi connectivity index (χ1n) is 9.66. The number of H-pyrrole nitrogens is 1. The lowest BCUT2D eigenvalue weighted by atomic mass is 10.1. The van der Waals surface area contributed by atoms with Crippen LogP contribution < -0.4 is 10.6 Å². The number of benzene rings is 2. The van der Waals surface area contributed by atoms with Crippen molar-refractivity contribution < 1.29 is 4.79 Å². The molecule has 1 amide bonds. The number of hydrogen-bond donors (Lipinski definition) is 4. The molecule has 31 heavy (non-hydrogen) atoms. The maximum atomic E-state index is 13.0. The van der Waals surface area contributed by atoms with Crippen molar-refractivity contribution in [2.45, 2.75) is 6.54 Å². The molecule has 0 aliphatic heterocycles. The first-order chi connectivity index (χ1) is 15.2. The van der Waals surface area contributed by atoms with E-state index in [1.54, 1.807) is 17.8 Å². The Balaban J connectivity index is 1.43. The van der Waals surface area contributed by atoms with Crippen LogP contribution in [-0.2, 0) is 13.6 Å². The molecule has 0 fully saturated rings. The molecule has 4 N–H and O–H groups in total. The second kappa shape index (κ2) is 7.69. The highest BCUT2D eigenvalue weighted by Gasteiger charge is 2.23. The van der Waals surface area contributed by atoms with Gasteiger partial charge in [-0.2, -0.15) is 5.10 Å². The standard InChI is InChI=1S/C22H19N7OS/c1-29-18(21(30)24-11-13-6-5-9-17-16(13)12-25-28-17)15(10-23)19-20(29)27-22(31-19)26-14-7-3-2-4-8-14/h2-10,12,23H,11H2,1H3,(H,24,30)(H,25,28)(H,26,27). The molecule has 5 rings (SSSR count). The van der Waals surface area contributed by atoms with Crippen molar-refractivity contribution in [3.8, 4) is 0 Å². The Labute approximate surface area is 181 Å². The van der Waals surface area contributed by atoms with Crippen LogP contribution in [0.3, 0.4) is 0 Å². The summed E-state index contributed by atoms with van der Waals surface area (Å²) in [6, 6.07) is 15.6. The first-order valence-corrected chi connectivity index (χ1v) is 10.5. The second-order valence-corrected chi connectivity index (χ2v) is 8.06. The summed E-state index contributed by atoms with van der Waals surface area (Å²) < 4.78 is 2.55. The zero-order valence-corrected chi connectivity index (χ0v) is 17.5. The van der Waals surface area contributed by atoms with Gasteiger partial charge in [0.05, 0.1) is 16.4 Å². The number of thiazole rings is 1. The van der Waals surface area contributed by atoms with Gasteiger partial charge >= 0.3 is 0 Å². The van der Waals surface area contributed by atoms with Crippen molar-refractivity contribution >= 4 is 55.5 Å². The minimum absolute atomic E-state index is 0.246. The average Bonchev–Trinajstić information content (AvgIpc) is 3.48. The third kappa shape index (κ3) is 3.34. The van der Waals surface area contributed by atoms with Crippen LogP contribution in [0.1, 0.15) is 21.6 Å². The number of fused-ring (bicyclic) bond motifs is 2. The Morgan fingerprint density at radius 1 is 1.23 bits per heavy atom. The lowest BCUT2D eigenvalue weighted by Gasteiger charge is -2.09. The molecule has 0 saturated carbocycles. The van der Waals surface area contributed by atoms with Crippen LogP contribution in [0.5, 0.6) is 0 Å². The Kier molecular flexibility index (Phi) is 4.72. The van der Waals surface area contributed by atoms with E-state index in [4.69, 9.17) is 5.41 Å². The smallest absolute Gasteiger partial charge is 0.268 e. The molecule has 0 bridgehead atoms. The highest BCUT2D eigenvalue weighted by molar-refractivity contribution is 7.22. The molecule has 3 heterocycles. The molecule has 0 aliphatic carbocycles. The predicted octanol–water partition coefficient (Wildman–Crippen LogP) is 4.18. The predicted molar refractivity (Wildman–Crippen MR) is 123 cm³/mol. The van der Waals surface area contributed by atoms with Crippen LogP contribution in [0.2, 0.25) is 0 Å². The van der Waals surface area contributed by atoms with Crippen LogP contribution in [0.4, 0.5) is 10.8 Å². The number of rotatable bonds is 6. The van der Waals surface area contributed by atoms with Crippen molar-refractivity contribution in [2.75, 3.05) is 5.32 Å². The molecule has 5 aromatic rings. The molecular weight excluding hydrogens is 410 g/mol. The molecule has 2 aromatic carbocycles. The van der Waals surface area contributed by atoms with Crippen molar-refractivity contribution in [1.29, 1.82) is 5.41 Å². The van der Waals surface area contributed by atoms with E-state index >= 15 is 0 Å². The molecular formula is C22H19N7OS. The van der Waals surface area contributed by atoms with Gasteiger partial charge in [0.1, 0.15) is 5.69 Å². The van der Waals surface area contributed by atoms with Gasteiger partial charge in [0, 0.05) is 36.4 Å². The summed E-state index contributed by atoms with van der Waals surface area (Å²) in [5.74, 6) is -0.246. The molecule has 154 valence electrons. The highest BCUT2D eigenvalue weighted by atomic mass is 32.1. The molecule has 0 spiro atoms. The minimum Gasteiger partial charge on any atom is -0.347 e. The Bertz CT molecular complexity index is 1410. The molecule has 0 radical (unpaired) electrons. The van der Waals surface area contributed by atoms with Gasteiger partial charge in [-0.3, -0.25) is 9.89 Å². The molecule has 9 heteroatoms. The number of carbonyl (C=O) groups is 1. The zero-order chi connectivity index (χ0) is 21.4. The molecule has 3 aromatic heterocycles. The van der Waals surface area contributed by atoms with E-state index in [9.17, 15) is 4.79 Å². The van der Waals surface area contributed by atoms with E-state index in [0.29, 0.717) is 28.6 Å². The summed E-state index contributed by atoms with van der Waals surface area (Å²) >= 11 is 1.43. The number of para-hydroxylation sites is 1. The van der Waals surface area contributed by atoms with Gasteiger partial charge in [0.2, 0.25) is 0 Å². The second-order valence-electron chi connectivity index (χ2n) is 7.06. The maximum absolute atomic E-state index is 13.0. The highest BCUT2D eigenvalue weighted by Crippen LogP contribution is 2.33. The van der Waals surface area contributed by atoms with Crippen LogP contribution in [0, 0.1) is 5.41 Å². The number of aryl methyl sites for hydroxylation is 1. The molecule has 0 aliphatic rings. The van der Waals surface area contributed by atoms with Gasteiger partial charge < -0.3 is 20.6 Å². The molecule has 0 atom stereocenters. The van der Waals surface area contributed by atoms with Crippen molar-refractivity contribution in [1.82, 2.24) is 25.1 Å². The fourth-order valence-electron chi connectivity index (χ4n) is 3.66. The van der Waals surface area contributed by atoms with E-state index in [1.807, 2.05) is 48.5 Å². The number of hydrogen-bond acceptors (Lipinski definition) is 6. The largest absolute Gasteiger partial charge is 0.347 e. The summed E-state index contributed by atoms with van der Waals surface area (Å²) in [6.45, 7) is 0.361. The van der Waals surface area contributed by atoms with Crippen LogP contribution in [0.25, 0.3) is 21.3 Å². The van der Waals surface area contributed by atoms with E-state index in [0.717, 1.165) is 26.9 Å². The number of anilines is 2. The SMILES string of the molecule is Cn1c(C(=O)NCc2cccc3[nH]ncc23)c(C=N)c2sc(Nc3ccccc3)nc21. The van der Waals surface area contributed by atoms with Crippen molar-refractivity contribution in [3.05, 3.63) is 71.5 Å². The van der Waals surface area contributed by atoms with Gasteiger partial charge in [-0.15, -0.1) is 0 Å². The number of nitrogens with one attached hydrogen (secondary N) is 4. The number of amides is 1. The van der Waals surface area contributed by atoms with Gasteiger partial charge in [-0.1, -0.05) is 41.7 Å². The van der Waals surface area contributed by atoms with Gasteiger partial charge in [-0.05, 0) is 23.8 Å². The average molecular weight is 430 g/mol. The fraction of sp³-hybridized carbons (Fsp3) is 0.0909. The summed E-state index contributed by atoms with van der Waals surface area (Å²) in [4.78, 5) is 17.7. The Hall–Kier alpha value is -3.98. The lowest BCUT2D eigenvalue weighted by Crippen LogP contribution is -2.26. The molecule has 0 saturated heterocycles. The Morgan fingerprint density at radius 3 is 2.87 bits per heavy atom. The number of aromatic nitrogens is 4. The Morgan fingerprint density at radius 2 is 2.06 bits per heavy atom. The molecule has 0 unspecified atom stereocenters. The first kappa shape index (κ1) is 19.0. The lowest BCUT2D eigenvalue weighted by molar-refractivity contribution is 0.0943. The van der Waals surface area contributed by atoms with Gasteiger partial charge in [0.15, 0.2) is 10.8 Å². The van der Waals surface area contributed by atoms with E-state index in [-0.39, 0.29) is 5.91 Å². The third-order valence-electron chi connectivity index (χ3n) is 5.16. The number of carbonyl (C=O) groups excluding carboxylic acids is 1. The van der Waals surface area contributed by atoms with Crippen LogP contribution in [0.15, 0.2) is 54.7 Å². The third-order valence-corrected chi connectivity index (χ3v) is 6.15. The van der Waals surface area contributed by atoms with Crippen molar-refractivity contribution in [2.24, 2.45) is 7.05 Å². The van der Waals surface area contributed by atoms with E-state index in [2.05, 4.69) is 25.8 Å². The van der Waals surface area contributed by atoms with Crippen LogP contribution in [-0.4, -0.2) is 31.9 Å². The zero-order valence-electron chi connectivity index (χ0n) is 16.6. The minimum atomic E-state index is -0.246. The summed E-state index contributed by atoms with van der Waals surface area (Å²) in [5.41, 5.74) is 4.49. The summed E-state index contributed by atoms with van der Waals surface area (Å²) in [7, 11) is 1.80. The summed E-state index contributed by atoms with van der Waals surface area (Å²) in [6.07, 6.45) is 2.97. The van der Waals surface area contributed by atoms with Crippen LogP contribution >= 0.6 is 11.3 Å². The number of nitrogens with zero attached hydrogens (tertiary/aromatic N) is 3. The van der Waals surface area contributed by atoms with E-state index < -0.39 is 0 Å². The summed E-state index contributed by atoms with van der Waals surface area (Å²) in [5, 5.41) is 22.9. The monoisotopic (exact) mass is 429 g/mol.